The third kappa shape index (κ3) is 3.56. The molecule has 1 fully saturated rings. The van der Waals surface area contributed by atoms with Crippen LogP contribution in [0.3, 0.4) is 0 Å². The van der Waals surface area contributed by atoms with E-state index < -0.39 is 0 Å². The molecular weight excluding hydrogens is 332 g/mol. The second-order valence-electron chi connectivity index (χ2n) is 5.45. The number of aryl methyl sites for hydroxylation is 1. The molecule has 1 aliphatic heterocycles. The minimum absolute atomic E-state index is 0.403. The van der Waals surface area contributed by atoms with Gasteiger partial charge in [-0.05, 0) is 44.0 Å². The second-order valence-corrected chi connectivity index (χ2v) is 6.36. The Morgan fingerprint density at radius 2 is 2.38 bits per heavy atom. The van der Waals surface area contributed by atoms with E-state index in [0.29, 0.717) is 12.1 Å². The number of nitrogens with two attached hydrogens (primary N) is 1. The average Bonchev–Trinajstić information content (AvgIpc) is 3.07. The van der Waals surface area contributed by atoms with Gasteiger partial charge in [0.05, 0.1) is 17.1 Å². The molecule has 5 nitrogen and oxygen atoms in total. The largest absolute Gasteiger partial charge is 0.377 e. The average molecular weight is 353 g/mol. The van der Waals surface area contributed by atoms with E-state index in [9.17, 15) is 0 Å². The Hall–Kier alpha value is -1.11. The Morgan fingerprint density at radius 1 is 1.48 bits per heavy atom. The van der Waals surface area contributed by atoms with E-state index in [4.69, 9.17) is 10.5 Å². The number of hydrogen-bond acceptors (Lipinski definition) is 4. The van der Waals surface area contributed by atoms with Crippen molar-refractivity contribution in [2.75, 3.05) is 25.4 Å². The molecule has 114 valence electrons. The van der Waals surface area contributed by atoms with Gasteiger partial charge >= 0.3 is 0 Å². The van der Waals surface area contributed by atoms with Crippen molar-refractivity contribution in [3.05, 3.63) is 22.7 Å². The molecule has 2 heterocycles. The van der Waals surface area contributed by atoms with Crippen LogP contribution in [0.1, 0.15) is 19.3 Å². The Bertz CT molecular complexity index is 607. The van der Waals surface area contributed by atoms with Crippen LogP contribution < -0.4 is 11.1 Å². The van der Waals surface area contributed by atoms with Gasteiger partial charge in [0.1, 0.15) is 0 Å². The van der Waals surface area contributed by atoms with Gasteiger partial charge in [-0.15, -0.1) is 0 Å². The maximum Gasteiger partial charge on any atom is 0.201 e. The first-order chi connectivity index (χ1) is 10.2. The summed E-state index contributed by atoms with van der Waals surface area (Å²) < 4.78 is 8.72. The standard InChI is InChI=1S/C15H21BrN4O/c16-11-4-5-13-14(9-11)20(15(17)19-13)7-2-6-18-10-12-3-1-8-21-12/h4-5,9,12,18H,1-3,6-8,10H2,(H2,17,19). The van der Waals surface area contributed by atoms with Crippen LogP contribution in [0.15, 0.2) is 22.7 Å². The molecule has 1 aromatic heterocycles. The first-order valence-electron chi connectivity index (χ1n) is 7.47. The Kier molecular flexibility index (Phi) is 4.77. The Morgan fingerprint density at radius 3 is 3.19 bits per heavy atom. The fourth-order valence-electron chi connectivity index (χ4n) is 2.78. The summed E-state index contributed by atoms with van der Waals surface area (Å²) >= 11 is 3.50. The number of nitrogens with one attached hydrogen (secondary N) is 1. The van der Waals surface area contributed by atoms with Crippen molar-refractivity contribution in [1.29, 1.82) is 0 Å². The SMILES string of the molecule is Nc1nc2ccc(Br)cc2n1CCCNCC1CCCO1. The molecule has 0 aliphatic carbocycles. The monoisotopic (exact) mass is 352 g/mol. The van der Waals surface area contributed by atoms with Crippen LogP contribution in [0.5, 0.6) is 0 Å². The maximum atomic E-state index is 6.01. The van der Waals surface area contributed by atoms with E-state index >= 15 is 0 Å². The molecule has 21 heavy (non-hydrogen) atoms. The van der Waals surface area contributed by atoms with E-state index in [1.807, 2.05) is 12.1 Å². The number of imidazole rings is 1. The van der Waals surface area contributed by atoms with E-state index in [1.165, 1.54) is 12.8 Å². The first-order valence-corrected chi connectivity index (χ1v) is 8.27. The zero-order valence-corrected chi connectivity index (χ0v) is 13.6. The summed E-state index contributed by atoms with van der Waals surface area (Å²) in [5.41, 5.74) is 8.05. The lowest BCUT2D eigenvalue weighted by molar-refractivity contribution is 0.110. The normalized spacial score (nSPS) is 18.6. The van der Waals surface area contributed by atoms with Gasteiger partial charge in [0, 0.05) is 24.2 Å². The molecule has 1 aliphatic rings. The number of anilines is 1. The predicted octanol–water partition coefficient (Wildman–Crippen LogP) is 2.54. The second kappa shape index (κ2) is 6.77. The van der Waals surface area contributed by atoms with Crippen molar-refractivity contribution in [2.24, 2.45) is 0 Å². The van der Waals surface area contributed by atoms with Crippen molar-refractivity contribution in [1.82, 2.24) is 14.9 Å². The van der Waals surface area contributed by atoms with E-state index in [2.05, 4.69) is 36.9 Å². The molecule has 3 rings (SSSR count). The molecule has 0 radical (unpaired) electrons. The molecule has 1 atom stereocenters. The fraction of sp³-hybridized carbons (Fsp3) is 0.533. The highest BCUT2D eigenvalue weighted by Crippen LogP contribution is 2.22. The summed E-state index contributed by atoms with van der Waals surface area (Å²) in [5.74, 6) is 0.585. The molecule has 3 N–H and O–H groups in total. The summed E-state index contributed by atoms with van der Waals surface area (Å²) in [5, 5.41) is 3.46. The van der Waals surface area contributed by atoms with Crippen molar-refractivity contribution < 1.29 is 4.74 Å². The van der Waals surface area contributed by atoms with Crippen LogP contribution in [0.2, 0.25) is 0 Å². The number of nitrogens with zero attached hydrogens (tertiary/aromatic N) is 2. The molecular formula is C15H21BrN4O. The van der Waals surface area contributed by atoms with Gasteiger partial charge in [-0.1, -0.05) is 15.9 Å². The van der Waals surface area contributed by atoms with Crippen LogP contribution in [0.25, 0.3) is 11.0 Å². The zero-order valence-electron chi connectivity index (χ0n) is 12.0. The van der Waals surface area contributed by atoms with Gasteiger partial charge in [0.15, 0.2) is 0 Å². The van der Waals surface area contributed by atoms with Gasteiger partial charge in [0.25, 0.3) is 0 Å². The number of aromatic nitrogens is 2. The molecule has 1 aromatic carbocycles. The smallest absolute Gasteiger partial charge is 0.201 e. The van der Waals surface area contributed by atoms with E-state index in [0.717, 1.165) is 48.2 Å². The molecule has 0 spiro atoms. The zero-order chi connectivity index (χ0) is 14.7. The lowest BCUT2D eigenvalue weighted by Crippen LogP contribution is -2.27. The van der Waals surface area contributed by atoms with Crippen LogP contribution >= 0.6 is 15.9 Å². The van der Waals surface area contributed by atoms with Crippen molar-refractivity contribution >= 4 is 32.9 Å². The van der Waals surface area contributed by atoms with Gasteiger partial charge in [-0.25, -0.2) is 4.98 Å². The lowest BCUT2D eigenvalue weighted by Gasteiger charge is -2.11. The highest BCUT2D eigenvalue weighted by Gasteiger charge is 2.14. The summed E-state index contributed by atoms with van der Waals surface area (Å²) in [6.07, 6.45) is 3.80. The molecule has 0 saturated carbocycles. The number of nitrogen functional groups attached to an aromatic ring is 1. The third-order valence-electron chi connectivity index (χ3n) is 3.87. The maximum absolute atomic E-state index is 6.01. The number of benzene rings is 1. The Labute approximate surface area is 133 Å². The minimum atomic E-state index is 0.403. The van der Waals surface area contributed by atoms with Crippen LogP contribution in [0.4, 0.5) is 5.95 Å². The highest BCUT2D eigenvalue weighted by atomic mass is 79.9. The van der Waals surface area contributed by atoms with Crippen molar-refractivity contribution in [3.63, 3.8) is 0 Å². The number of ether oxygens (including phenoxy) is 1. The van der Waals surface area contributed by atoms with Gasteiger partial charge in [-0.2, -0.15) is 0 Å². The molecule has 2 aromatic rings. The lowest BCUT2D eigenvalue weighted by atomic mass is 10.2. The van der Waals surface area contributed by atoms with E-state index in [1.54, 1.807) is 0 Å². The van der Waals surface area contributed by atoms with Gasteiger partial charge in [0.2, 0.25) is 5.95 Å². The molecule has 0 bridgehead atoms. The predicted molar refractivity (Wildman–Crippen MR) is 88.3 cm³/mol. The first kappa shape index (κ1) is 14.8. The third-order valence-corrected chi connectivity index (χ3v) is 4.36. The number of fused-ring (bicyclic) bond motifs is 1. The minimum Gasteiger partial charge on any atom is -0.377 e. The van der Waals surface area contributed by atoms with Gasteiger partial charge in [-0.3, -0.25) is 0 Å². The molecule has 6 heteroatoms. The summed E-state index contributed by atoms with van der Waals surface area (Å²) in [6, 6.07) is 6.04. The summed E-state index contributed by atoms with van der Waals surface area (Å²) in [4.78, 5) is 4.40. The Balaban J connectivity index is 1.52. The van der Waals surface area contributed by atoms with Gasteiger partial charge < -0.3 is 20.4 Å². The van der Waals surface area contributed by atoms with Crippen LogP contribution in [0, 0.1) is 0 Å². The summed E-state index contributed by atoms with van der Waals surface area (Å²) in [6.45, 7) is 3.70. The quantitative estimate of drug-likeness (QED) is 0.784. The highest BCUT2D eigenvalue weighted by molar-refractivity contribution is 9.10. The van der Waals surface area contributed by atoms with Crippen molar-refractivity contribution in [2.45, 2.75) is 31.9 Å². The number of halogens is 1. The topological polar surface area (TPSA) is 65.1 Å². The van der Waals surface area contributed by atoms with Crippen LogP contribution in [-0.2, 0) is 11.3 Å². The number of rotatable bonds is 6. The molecule has 1 saturated heterocycles. The molecule has 1 unspecified atom stereocenters. The number of hydrogen-bond donors (Lipinski definition) is 2. The van der Waals surface area contributed by atoms with E-state index in [-0.39, 0.29) is 0 Å². The molecule has 0 amide bonds. The van der Waals surface area contributed by atoms with Crippen LogP contribution in [-0.4, -0.2) is 35.4 Å². The van der Waals surface area contributed by atoms with Crippen molar-refractivity contribution in [3.8, 4) is 0 Å². The summed E-state index contributed by atoms with van der Waals surface area (Å²) in [7, 11) is 0. The fourth-order valence-corrected chi connectivity index (χ4v) is 3.13.